The molecule has 1 aromatic carbocycles. The summed E-state index contributed by atoms with van der Waals surface area (Å²) < 4.78 is 31.6. The molecule has 25 heavy (non-hydrogen) atoms. The number of rotatable bonds is 7. The Labute approximate surface area is 150 Å². The van der Waals surface area contributed by atoms with E-state index in [1.807, 2.05) is 6.92 Å². The van der Waals surface area contributed by atoms with Crippen molar-refractivity contribution in [3.8, 4) is 5.75 Å². The van der Waals surface area contributed by atoms with Gasteiger partial charge in [0, 0.05) is 13.1 Å². The molecule has 1 saturated carbocycles. The zero-order valence-corrected chi connectivity index (χ0v) is 15.8. The fourth-order valence-corrected chi connectivity index (χ4v) is 4.17. The van der Waals surface area contributed by atoms with Gasteiger partial charge in [0.2, 0.25) is 15.9 Å². The van der Waals surface area contributed by atoms with Crippen LogP contribution in [0.15, 0.2) is 29.2 Å². The van der Waals surface area contributed by atoms with Gasteiger partial charge in [0.25, 0.3) is 0 Å². The topological polar surface area (TPSA) is 75.7 Å². The van der Waals surface area contributed by atoms with Gasteiger partial charge in [0.05, 0.1) is 18.0 Å². The number of sulfonamides is 1. The number of likely N-dealkylation sites (N-methyl/N-ethyl adjacent to an activating group) is 1. The summed E-state index contributed by atoms with van der Waals surface area (Å²) in [4.78, 5) is 12.4. The molecule has 1 fully saturated rings. The molecule has 2 rings (SSSR count). The first-order valence-corrected chi connectivity index (χ1v) is 10.4. The van der Waals surface area contributed by atoms with E-state index in [1.54, 1.807) is 12.1 Å². The Morgan fingerprint density at radius 1 is 1.16 bits per heavy atom. The van der Waals surface area contributed by atoms with Crippen molar-refractivity contribution in [1.29, 1.82) is 0 Å². The van der Waals surface area contributed by atoms with Gasteiger partial charge in [-0.2, -0.15) is 4.31 Å². The molecule has 0 atom stereocenters. The second-order valence-corrected chi connectivity index (χ2v) is 8.47. The highest BCUT2D eigenvalue weighted by molar-refractivity contribution is 7.89. The van der Waals surface area contributed by atoms with E-state index in [0.29, 0.717) is 12.4 Å². The van der Waals surface area contributed by atoms with E-state index >= 15 is 0 Å². The lowest BCUT2D eigenvalue weighted by Gasteiger charge is -2.20. The second kappa shape index (κ2) is 9.20. The molecule has 0 spiro atoms. The van der Waals surface area contributed by atoms with Gasteiger partial charge in [-0.3, -0.25) is 4.79 Å². The SMILES string of the molecule is CCOc1ccc(S(=O)(=O)N(C)CC(=O)NC2CCCCCC2)cc1. The molecule has 6 nitrogen and oxygen atoms in total. The van der Waals surface area contributed by atoms with Crippen LogP contribution in [0.25, 0.3) is 0 Å². The standard InChI is InChI=1S/C18H28N2O4S/c1-3-24-16-10-12-17(13-11-16)25(22,23)20(2)14-18(21)19-15-8-6-4-5-7-9-15/h10-13,15H,3-9,14H2,1-2H3,(H,19,21). The summed E-state index contributed by atoms with van der Waals surface area (Å²) in [6.07, 6.45) is 6.59. The lowest BCUT2D eigenvalue weighted by molar-refractivity contribution is -0.121. The van der Waals surface area contributed by atoms with E-state index in [0.717, 1.165) is 30.0 Å². The number of hydrogen-bond donors (Lipinski definition) is 1. The molecule has 0 aliphatic heterocycles. The summed E-state index contributed by atoms with van der Waals surface area (Å²) >= 11 is 0. The summed E-state index contributed by atoms with van der Waals surface area (Å²) in [6.45, 7) is 2.21. The van der Waals surface area contributed by atoms with Gasteiger partial charge in [-0.05, 0) is 44.0 Å². The number of hydrogen-bond acceptors (Lipinski definition) is 4. The maximum absolute atomic E-state index is 12.6. The summed E-state index contributed by atoms with van der Waals surface area (Å²) in [7, 11) is -2.27. The second-order valence-electron chi connectivity index (χ2n) is 6.42. The van der Waals surface area contributed by atoms with Crippen LogP contribution in [-0.4, -0.2) is 44.9 Å². The monoisotopic (exact) mass is 368 g/mol. The van der Waals surface area contributed by atoms with Crippen LogP contribution in [0.3, 0.4) is 0 Å². The van der Waals surface area contributed by atoms with Crippen LogP contribution in [0, 0.1) is 0 Å². The Bertz CT molecular complexity index is 650. The smallest absolute Gasteiger partial charge is 0.243 e. The van der Waals surface area contributed by atoms with Gasteiger partial charge in [-0.25, -0.2) is 8.42 Å². The zero-order valence-electron chi connectivity index (χ0n) is 15.0. The van der Waals surface area contributed by atoms with E-state index in [4.69, 9.17) is 4.74 Å². The Kier molecular flexibility index (Phi) is 7.25. The van der Waals surface area contributed by atoms with Crippen molar-refractivity contribution < 1.29 is 17.9 Å². The molecule has 0 radical (unpaired) electrons. The minimum atomic E-state index is -3.70. The molecular weight excluding hydrogens is 340 g/mol. The Morgan fingerprint density at radius 2 is 1.76 bits per heavy atom. The first-order valence-electron chi connectivity index (χ1n) is 8.92. The highest BCUT2D eigenvalue weighted by Crippen LogP contribution is 2.19. The summed E-state index contributed by atoms with van der Waals surface area (Å²) in [5, 5.41) is 2.97. The summed E-state index contributed by atoms with van der Waals surface area (Å²) in [6, 6.07) is 6.41. The highest BCUT2D eigenvalue weighted by Gasteiger charge is 2.24. The predicted molar refractivity (Wildman–Crippen MR) is 97.1 cm³/mol. The Morgan fingerprint density at radius 3 is 2.32 bits per heavy atom. The first kappa shape index (κ1) is 19.7. The van der Waals surface area contributed by atoms with Crippen LogP contribution < -0.4 is 10.1 Å². The summed E-state index contributed by atoms with van der Waals surface area (Å²) in [5.74, 6) is 0.374. The molecule has 140 valence electrons. The molecule has 0 bridgehead atoms. The molecule has 1 amide bonds. The minimum absolute atomic E-state index is 0.153. The molecule has 1 aliphatic carbocycles. The number of amides is 1. The van der Waals surface area contributed by atoms with Crippen LogP contribution in [0.5, 0.6) is 5.75 Å². The van der Waals surface area contributed by atoms with Crippen LogP contribution in [0.4, 0.5) is 0 Å². The molecule has 0 aromatic heterocycles. The molecule has 1 aromatic rings. The number of nitrogens with zero attached hydrogens (tertiary/aromatic N) is 1. The molecule has 0 unspecified atom stereocenters. The van der Waals surface area contributed by atoms with Crippen molar-refractivity contribution >= 4 is 15.9 Å². The predicted octanol–water partition coefficient (Wildman–Crippen LogP) is 2.54. The fraction of sp³-hybridized carbons (Fsp3) is 0.611. The third-order valence-corrected chi connectivity index (χ3v) is 6.25. The van der Waals surface area contributed by atoms with Crippen molar-refractivity contribution in [2.45, 2.75) is 56.4 Å². The Hall–Kier alpha value is -1.60. The van der Waals surface area contributed by atoms with Gasteiger partial charge in [-0.1, -0.05) is 25.7 Å². The number of ether oxygens (including phenoxy) is 1. The number of nitrogens with one attached hydrogen (secondary N) is 1. The number of carbonyl (C=O) groups is 1. The number of benzene rings is 1. The molecule has 0 heterocycles. The maximum Gasteiger partial charge on any atom is 0.243 e. The van der Waals surface area contributed by atoms with Crippen LogP contribution in [-0.2, 0) is 14.8 Å². The average molecular weight is 368 g/mol. The molecule has 7 heteroatoms. The van der Waals surface area contributed by atoms with Gasteiger partial charge in [-0.15, -0.1) is 0 Å². The van der Waals surface area contributed by atoms with E-state index in [-0.39, 0.29) is 23.4 Å². The third-order valence-electron chi connectivity index (χ3n) is 4.43. The van der Waals surface area contributed by atoms with E-state index in [9.17, 15) is 13.2 Å². The van der Waals surface area contributed by atoms with Crippen LogP contribution in [0.2, 0.25) is 0 Å². The van der Waals surface area contributed by atoms with Crippen molar-refractivity contribution in [2.24, 2.45) is 0 Å². The quantitative estimate of drug-likeness (QED) is 0.751. The highest BCUT2D eigenvalue weighted by atomic mass is 32.2. The maximum atomic E-state index is 12.6. The van der Waals surface area contributed by atoms with Crippen LogP contribution in [0.1, 0.15) is 45.4 Å². The van der Waals surface area contributed by atoms with Crippen molar-refractivity contribution in [2.75, 3.05) is 20.2 Å². The normalized spacial score (nSPS) is 16.4. The summed E-state index contributed by atoms with van der Waals surface area (Å²) in [5.41, 5.74) is 0. The van der Waals surface area contributed by atoms with E-state index < -0.39 is 10.0 Å². The molecule has 1 aliphatic rings. The van der Waals surface area contributed by atoms with Gasteiger partial charge in [0.15, 0.2) is 0 Å². The average Bonchev–Trinajstić information content (AvgIpc) is 2.84. The van der Waals surface area contributed by atoms with Gasteiger partial charge >= 0.3 is 0 Å². The lowest BCUT2D eigenvalue weighted by Crippen LogP contribution is -2.42. The number of carbonyl (C=O) groups excluding carboxylic acids is 1. The largest absolute Gasteiger partial charge is 0.494 e. The molecular formula is C18H28N2O4S. The fourth-order valence-electron chi connectivity index (χ4n) is 3.04. The van der Waals surface area contributed by atoms with E-state index in [2.05, 4.69) is 5.32 Å². The Balaban J connectivity index is 1.95. The van der Waals surface area contributed by atoms with Crippen molar-refractivity contribution in [3.63, 3.8) is 0 Å². The van der Waals surface area contributed by atoms with Gasteiger partial charge in [0.1, 0.15) is 5.75 Å². The van der Waals surface area contributed by atoms with Crippen molar-refractivity contribution in [1.82, 2.24) is 9.62 Å². The van der Waals surface area contributed by atoms with Crippen LogP contribution >= 0.6 is 0 Å². The minimum Gasteiger partial charge on any atom is -0.494 e. The third kappa shape index (κ3) is 5.71. The zero-order chi connectivity index (χ0) is 18.3. The van der Waals surface area contributed by atoms with E-state index in [1.165, 1.54) is 32.0 Å². The van der Waals surface area contributed by atoms with Gasteiger partial charge < -0.3 is 10.1 Å². The van der Waals surface area contributed by atoms with Crippen molar-refractivity contribution in [3.05, 3.63) is 24.3 Å². The molecule has 1 N–H and O–H groups in total. The first-order chi connectivity index (χ1) is 11.9. The molecule has 0 saturated heterocycles. The lowest BCUT2D eigenvalue weighted by atomic mass is 10.1.